The van der Waals surface area contributed by atoms with Crippen LogP contribution in [0.3, 0.4) is 0 Å². The van der Waals surface area contributed by atoms with Gasteiger partial charge in [0.1, 0.15) is 5.56 Å². The highest BCUT2D eigenvalue weighted by molar-refractivity contribution is 5.93. The van der Waals surface area contributed by atoms with Crippen LogP contribution in [-0.2, 0) is 4.79 Å². The van der Waals surface area contributed by atoms with Gasteiger partial charge in [-0.15, -0.1) is 0 Å². The minimum absolute atomic E-state index is 0.0336. The first-order valence-corrected chi connectivity index (χ1v) is 6.23. The monoisotopic (exact) mass is 286 g/mol. The number of hydrogen-bond donors (Lipinski definition) is 2. The van der Waals surface area contributed by atoms with E-state index in [1.165, 1.54) is 18.5 Å². The molecule has 1 amide bonds. The molecule has 108 valence electrons. The van der Waals surface area contributed by atoms with Gasteiger partial charge < -0.3 is 15.2 Å². The first-order valence-electron chi connectivity index (χ1n) is 6.23. The molecule has 2 N–H and O–H groups in total. The molecule has 1 aromatic carbocycles. The lowest BCUT2D eigenvalue weighted by Crippen LogP contribution is -2.21. The van der Waals surface area contributed by atoms with E-state index < -0.39 is 5.97 Å². The van der Waals surface area contributed by atoms with Crippen molar-refractivity contribution >= 4 is 17.6 Å². The van der Waals surface area contributed by atoms with Crippen molar-refractivity contribution in [2.24, 2.45) is 0 Å². The average molecular weight is 286 g/mol. The lowest BCUT2D eigenvalue weighted by molar-refractivity contribution is -0.118. The first kappa shape index (κ1) is 14.5. The molecule has 0 spiro atoms. The Labute approximate surface area is 121 Å². The summed E-state index contributed by atoms with van der Waals surface area (Å²) < 4.78 is 5.22. The number of hydrogen-bond acceptors (Lipinski definition) is 4. The summed E-state index contributed by atoms with van der Waals surface area (Å²) in [6.45, 7) is 1.58. The zero-order chi connectivity index (χ0) is 15.2. The number of anilines is 1. The van der Waals surface area contributed by atoms with Crippen molar-refractivity contribution in [3.63, 3.8) is 0 Å². The van der Waals surface area contributed by atoms with Crippen molar-refractivity contribution in [3.05, 3.63) is 53.9 Å². The molecule has 6 nitrogen and oxygen atoms in total. The van der Waals surface area contributed by atoms with Crippen LogP contribution in [-0.4, -0.2) is 28.6 Å². The second-order valence-corrected chi connectivity index (χ2v) is 4.33. The molecule has 0 saturated heterocycles. The Bertz CT molecular complexity index is 670. The van der Waals surface area contributed by atoms with Gasteiger partial charge >= 0.3 is 5.97 Å². The van der Waals surface area contributed by atoms with Gasteiger partial charge in [-0.1, -0.05) is 18.2 Å². The number of nitrogens with one attached hydrogen (secondary N) is 1. The molecule has 1 aromatic heterocycles. The van der Waals surface area contributed by atoms with E-state index in [1.54, 1.807) is 6.07 Å². The number of carboxylic acids is 1. The molecule has 1 heterocycles. The largest absolute Gasteiger partial charge is 0.481 e. The van der Waals surface area contributed by atoms with Crippen molar-refractivity contribution < 1.29 is 19.4 Å². The van der Waals surface area contributed by atoms with Gasteiger partial charge in [0.25, 0.3) is 5.91 Å². The number of carbonyl (C=O) groups excluding carboxylic acids is 1. The Balaban J connectivity index is 1.99. The zero-order valence-corrected chi connectivity index (χ0v) is 11.4. The predicted molar refractivity (Wildman–Crippen MR) is 76.5 cm³/mol. The number of aryl methyl sites for hydroxylation is 1. The van der Waals surface area contributed by atoms with Gasteiger partial charge in [0, 0.05) is 11.9 Å². The quantitative estimate of drug-likeness (QED) is 0.878. The lowest BCUT2D eigenvalue weighted by Gasteiger charge is -2.10. The molecule has 0 atom stereocenters. The van der Waals surface area contributed by atoms with Crippen molar-refractivity contribution in [2.75, 3.05) is 11.9 Å². The summed E-state index contributed by atoms with van der Waals surface area (Å²) in [5, 5.41) is 11.7. The maximum Gasteiger partial charge on any atom is 0.339 e. The van der Waals surface area contributed by atoms with E-state index in [0.717, 1.165) is 5.56 Å². The van der Waals surface area contributed by atoms with E-state index in [0.29, 0.717) is 5.69 Å². The molecule has 0 unspecified atom stereocenters. The third-order valence-corrected chi connectivity index (χ3v) is 2.79. The highest BCUT2D eigenvalue weighted by atomic mass is 16.5. The highest BCUT2D eigenvalue weighted by Crippen LogP contribution is 2.17. The minimum Gasteiger partial charge on any atom is -0.481 e. The molecule has 2 aromatic rings. The van der Waals surface area contributed by atoms with Gasteiger partial charge in [-0.25, -0.2) is 4.79 Å². The molecule has 0 bridgehead atoms. The Morgan fingerprint density at radius 1 is 1.29 bits per heavy atom. The van der Waals surface area contributed by atoms with Crippen LogP contribution in [0.15, 0.2) is 42.7 Å². The van der Waals surface area contributed by atoms with E-state index >= 15 is 0 Å². The van der Waals surface area contributed by atoms with Crippen LogP contribution < -0.4 is 10.1 Å². The number of nitrogens with zero attached hydrogens (tertiary/aromatic N) is 1. The molecular formula is C15H14N2O4. The standard InChI is InChI=1S/C15H14N2O4/c1-10-4-2-3-5-12(10)17-14(18)9-21-13-8-16-7-6-11(13)15(19)20/h2-8H,9H2,1H3,(H,17,18)(H,19,20). The molecule has 0 saturated carbocycles. The predicted octanol–water partition coefficient (Wildman–Crippen LogP) is 2.11. The summed E-state index contributed by atoms with van der Waals surface area (Å²) in [6, 6.07) is 8.65. The molecule has 0 fully saturated rings. The van der Waals surface area contributed by atoms with E-state index in [9.17, 15) is 9.59 Å². The number of ether oxygens (including phenoxy) is 1. The maximum atomic E-state index is 11.8. The number of pyridine rings is 1. The van der Waals surface area contributed by atoms with E-state index in [2.05, 4.69) is 10.3 Å². The number of benzene rings is 1. The number of carbonyl (C=O) groups is 2. The Morgan fingerprint density at radius 2 is 2.05 bits per heavy atom. The molecular weight excluding hydrogens is 272 g/mol. The number of rotatable bonds is 5. The summed E-state index contributed by atoms with van der Waals surface area (Å²) in [6.07, 6.45) is 2.62. The minimum atomic E-state index is -1.13. The molecule has 0 aliphatic heterocycles. The van der Waals surface area contributed by atoms with Crippen molar-refractivity contribution in [1.29, 1.82) is 0 Å². The van der Waals surface area contributed by atoms with Gasteiger partial charge in [0.2, 0.25) is 0 Å². The third-order valence-electron chi connectivity index (χ3n) is 2.79. The number of carboxylic acid groups (broad SMARTS) is 1. The highest BCUT2D eigenvalue weighted by Gasteiger charge is 2.12. The van der Waals surface area contributed by atoms with Crippen LogP contribution in [0.1, 0.15) is 15.9 Å². The lowest BCUT2D eigenvalue weighted by atomic mass is 10.2. The smallest absolute Gasteiger partial charge is 0.339 e. The van der Waals surface area contributed by atoms with Crippen molar-refractivity contribution in [3.8, 4) is 5.75 Å². The fourth-order valence-corrected chi connectivity index (χ4v) is 1.71. The SMILES string of the molecule is Cc1ccccc1NC(=O)COc1cnccc1C(=O)O. The van der Waals surface area contributed by atoms with Crippen LogP contribution in [0.4, 0.5) is 5.69 Å². The van der Waals surface area contributed by atoms with Crippen molar-refractivity contribution in [1.82, 2.24) is 4.98 Å². The van der Waals surface area contributed by atoms with Gasteiger partial charge in [0.15, 0.2) is 12.4 Å². The van der Waals surface area contributed by atoms with Gasteiger partial charge in [-0.2, -0.15) is 0 Å². The second kappa shape index (κ2) is 6.51. The Kier molecular flexibility index (Phi) is 4.50. The second-order valence-electron chi connectivity index (χ2n) is 4.33. The normalized spacial score (nSPS) is 9.95. The van der Waals surface area contributed by atoms with Crippen LogP contribution in [0.5, 0.6) is 5.75 Å². The van der Waals surface area contributed by atoms with E-state index in [4.69, 9.17) is 9.84 Å². The number of aromatic nitrogens is 1. The summed E-state index contributed by atoms with van der Waals surface area (Å²) >= 11 is 0. The van der Waals surface area contributed by atoms with Gasteiger partial charge in [-0.3, -0.25) is 9.78 Å². The molecule has 21 heavy (non-hydrogen) atoms. The molecule has 0 aliphatic carbocycles. The van der Waals surface area contributed by atoms with Crippen LogP contribution in [0.25, 0.3) is 0 Å². The molecule has 0 aliphatic rings. The fourth-order valence-electron chi connectivity index (χ4n) is 1.71. The Morgan fingerprint density at radius 3 is 2.76 bits per heavy atom. The summed E-state index contributed by atoms with van der Waals surface area (Å²) in [5.74, 6) is -1.44. The number of amides is 1. The fraction of sp³-hybridized carbons (Fsp3) is 0.133. The summed E-state index contributed by atoms with van der Waals surface area (Å²) in [7, 11) is 0. The van der Waals surface area contributed by atoms with E-state index in [1.807, 2.05) is 25.1 Å². The number of aromatic carboxylic acids is 1. The van der Waals surface area contributed by atoms with Crippen LogP contribution in [0.2, 0.25) is 0 Å². The molecule has 2 rings (SSSR count). The first-order chi connectivity index (χ1) is 10.1. The van der Waals surface area contributed by atoms with Crippen molar-refractivity contribution in [2.45, 2.75) is 6.92 Å². The van der Waals surface area contributed by atoms with Gasteiger partial charge in [-0.05, 0) is 24.6 Å². The Hall–Kier alpha value is -2.89. The van der Waals surface area contributed by atoms with Gasteiger partial charge in [0.05, 0.1) is 6.20 Å². The van der Waals surface area contributed by atoms with E-state index in [-0.39, 0.29) is 23.8 Å². The zero-order valence-electron chi connectivity index (χ0n) is 11.4. The molecule has 0 radical (unpaired) electrons. The topological polar surface area (TPSA) is 88.5 Å². The molecule has 6 heteroatoms. The van der Waals surface area contributed by atoms with Crippen LogP contribution in [0, 0.1) is 6.92 Å². The third kappa shape index (κ3) is 3.79. The summed E-state index contributed by atoms with van der Waals surface area (Å²) in [4.78, 5) is 26.6. The summed E-state index contributed by atoms with van der Waals surface area (Å²) in [5.41, 5.74) is 1.59. The maximum absolute atomic E-state index is 11.8. The number of para-hydroxylation sites is 1. The van der Waals surface area contributed by atoms with Crippen LogP contribution >= 0.6 is 0 Å². The average Bonchev–Trinajstić information content (AvgIpc) is 2.48.